The SMILES string of the molecule is CC1(C)CCC(CN2CCN(c3ccc(C(=O)NS(=O)(=O)c4cc5c(c([N+](=O)[O-])c4)N[C@@H](CCN4CCN(C6COC6)CC4)CO5)c(Oc4cnc5[nH]ccc5c4)c3)CC2)=C(c2ccc(Cl)cc2)C1. The minimum atomic E-state index is -4.66. The van der Waals surface area contributed by atoms with Gasteiger partial charge >= 0.3 is 0 Å². The predicted molar refractivity (Wildman–Crippen MR) is 265 cm³/mol. The van der Waals surface area contributed by atoms with Crippen molar-refractivity contribution >= 4 is 61.2 Å². The third kappa shape index (κ3) is 10.6. The van der Waals surface area contributed by atoms with Gasteiger partial charge in [0.05, 0.1) is 46.9 Å². The fraction of sp³-hybridized carbons (Fsp3) is 0.440. The number of piperazine rings is 2. The number of anilines is 2. The lowest BCUT2D eigenvalue weighted by Crippen LogP contribution is -2.56. The number of halogens is 1. The van der Waals surface area contributed by atoms with Crippen LogP contribution in [0.1, 0.15) is 55.5 Å². The van der Waals surface area contributed by atoms with Gasteiger partial charge in [-0.25, -0.2) is 18.1 Å². The van der Waals surface area contributed by atoms with Gasteiger partial charge in [-0.1, -0.05) is 43.2 Å². The zero-order valence-electron chi connectivity index (χ0n) is 38.9. The van der Waals surface area contributed by atoms with Gasteiger partial charge in [-0.05, 0) is 78.6 Å². The van der Waals surface area contributed by atoms with Crippen molar-refractivity contribution in [1.82, 2.24) is 29.4 Å². The van der Waals surface area contributed by atoms with E-state index in [-0.39, 0.29) is 40.8 Å². The van der Waals surface area contributed by atoms with Crippen molar-refractivity contribution in [3.05, 3.63) is 111 Å². The predicted octanol–water partition coefficient (Wildman–Crippen LogP) is 7.40. The number of rotatable bonds is 14. The van der Waals surface area contributed by atoms with Crippen LogP contribution in [0.3, 0.4) is 0 Å². The van der Waals surface area contributed by atoms with E-state index in [1.54, 1.807) is 30.5 Å². The van der Waals surface area contributed by atoms with Gasteiger partial charge in [0.1, 0.15) is 23.8 Å². The summed E-state index contributed by atoms with van der Waals surface area (Å²) in [6.07, 6.45) is 7.15. The average Bonchev–Trinajstić information content (AvgIpc) is 3.79. The summed E-state index contributed by atoms with van der Waals surface area (Å²) in [5, 5.41) is 17.2. The van der Waals surface area contributed by atoms with E-state index >= 15 is 0 Å². The molecule has 10 rings (SSSR count). The molecular formula is C50H58ClN9O8S. The molecule has 0 bridgehead atoms. The summed E-state index contributed by atoms with van der Waals surface area (Å²) >= 11 is 6.26. The molecule has 0 spiro atoms. The molecule has 17 nitrogen and oxygen atoms in total. The van der Waals surface area contributed by atoms with E-state index in [1.807, 2.05) is 18.2 Å². The number of H-pyrrole nitrogens is 1. The maximum absolute atomic E-state index is 14.1. The molecule has 4 aliphatic heterocycles. The molecule has 0 saturated carbocycles. The van der Waals surface area contributed by atoms with Crippen LogP contribution in [0.4, 0.5) is 17.1 Å². The third-order valence-electron chi connectivity index (χ3n) is 14.3. The maximum atomic E-state index is 14.1. The average molecular weight is 981 g/mol. The first-order chi connectivity index (χ1) is 33.2. The lowest BCUT2D eigenvalue weighted by atomic mass is 9.72. The summed E-state index contributed by atoms with van der Waals surface area (Å²) in [6, 6.07) is 19.3. The lowest BCUT2D eigenvalue weighted by molar-refractivity contribution is -0.384. The number of pyridine rings is 1. The number of aromatic amines is 1. The summed E-state index contributed by atoms with van der Waals surface area (Å²) < 4.78 is 47.9. The molecule has 1 aliphatic carbocycles. The normalized spacial score (nSPS) is 20.4. The van der Waals surface area contributed by atoms with E-state index in [0.717, 1.165) is 107 Å². The number of carbonyl (C=O) groups is 1. The van der Waals surface area contributed by atoms with Crippen molar-refractivity contribution in [2.24, 2.45) is 5.41 Å². The van der Waals surface area contributed by atoms with Gasteiger partial charge in [0.2, 0.25) is 0 Å². The first kappa shape index (κ1) is 46.9. The minimum absolute atomic E-state index is 0.0205. The van der Waals surface area contributed by atoms with Crippen molar-refractivity contribution in [1.29, 1.82) is 0 Å². The zero-order chi connectivity index (χ0) is 47.9. The summed E-state index contributed by atoms with van der Waals surface area (Å²) in [7, 11) is -4.66. The van der Waals surface area contributed by atoms with Crippen LogP contribution in [0, 0.1) is 15.5 Å². The standard InChI is InChI=1S/C50H58ClN9O8S/c1-50(2)12-9-35(43(27-50)33-3-5-36(51)6-4-33)29-57-17-21-58(22-18-57)38-7-8-42(45(24-38)68-40-23-34-10-13-52-48(34)53-28-40)49(61)55-69(64,65)41-25-44(60(62)63)47-46(26-41)67-30-37(54-47)11-14-56-15-19-59(20-16-56)39-31-66-32-39/h3-8,10,13,23-26,28,37,39,54H,9,11-12,14-22,27,29-32H2,1-2H3,(H,52,53)(H,55,61)/t37-/m0/s1. The molecule has 364 valence electrons. The highest BCUT2D eigenvalue weighted by molar-refractivity contribution is 7.90. The van der Waals surface area contributed by atoms with Crippen LogP contribution in [0.15, 0.2) is 89.6 Å². The van der Waals surface area contributed by atoms with Crippen molar-refractivity contribution in [2.45, 2.75) is 56.5 Å². The zero-order valence-corrected chi connectivity index (χ0v) is 40.5. The van der Waals surface area contributed by atoms with E-state index in [4.69, 9.17) is 25.8 Å². The number of nitrogens with zero attached hydrogens (tertiary/aromatic N) is 6. The van der Waals surface area contributed by atoms with Gasteiger partial charge in [0.25, 0.3) is 21.6 Å². The Morgan fingerprint density at radius 3 is 2.48 bits per heavy atom. The summed E-state index contributed by atoms with van der Waals surface area (Å²) in [5.74, 6) is -0.491. The second-order valence-electron chi connectivity index (χ2n) is 19.6. The fourth-order valence-corrected chi connectivity index (χ4v) is 11.2. The minimum Gasteiger partial charge on any atom is -0.489 e. The summed E-state index contributed by atoms with van der Waals surface area (Å²) in [4.78, 5) is 42.5. The largest absolute Gasteiger partial charge is 0.489 e. The highest BCUT2D eigenvalue weighted by atomic mass is 35.5. The molecular weight excluding hydrogens is 922 g/mol. The Bertz CT molecular complexity index is 2870. The number of aromatic nitrogens is 2. The molecule has 0 radical (unpaired) electrons. The number of sulfonamides is 1. The monoisotopic (exact) mass is 979 g/mol. The van der Waals surface area contributed by atoms with Crippen molar-refractivity contribution in [3.8, 4) is 17.2 Å². The summed E-state index contributed by atoms with van der Waals surface area (Å²) in [5.41, 5.74) is 5.36. The Kier molecular flexibility index (Phi) is 13.3. The molecule has 5 aliphatic rings. The number of allylic oxidation sites excluding steroid dienone is 1. The highest BCUT2D eigenvalue weighted by Gasteiger charge is 2.34. The second kappa shape index (κ2) is 19.6. The first-order valence-electron chi connectivity index (χ1n) is 23.8. The molecule has 3 aromatic carbocycles. The van der Waals surface area contributed by atoms with Gasteiger partial charge in [-0.2, -0.15) is 0 Å². The van der Waals surface area contributed by atoms with Crippen LogP contribution in [-0.2, 0) is 14.8 Å². The number of hydrogen-bond acceptors (Lipinski definition) is 14. The van der Waals surface area contributed by atoms with Crippen LogP contribution < -0.4 is 24.4 Å². The van der Waals surface area contributed by atoms with E-state index in [2.05, 4.69) is 65.6 Å². The molecule has 0 unspecified atom stereocenters. The van der Waals surface area contributed by atoms with Gasteiger partial charge in [-0.3, -0.25) is 24.7 Å². The molecule has 3 N–H and O–H groups in total. The number of hydrogen-bond donors (Lipinski definition) is 3. The van der Waals surface area contributed by atoms with Crippen molar-refractivity contribution < 1.29 is 32.3 Å². The number of ether oxygens (including phenoxy) is 3. The van der Waals surface area contributed by atoms with Crippen molar-refractivity contribution in [2.75, 3.05) is 95.5 Å². The molecule has 19 heteroatoms. The summed E-state index contributed by atoms with van der Waals surface area (Å²) in [6.45, 7) is 14.9. The van der Waals surface area contributed by atoms with Gasteiger partial charge in [0, 0.05) is 106 Å². The quantitative estimate of drug-likeness (QED) is 0.0738. The topological polar surface area (TPSA) is 188 Å². The molecule has 6 heterocycles. The molecule has 5 aromatic rings. The highest BCUT2D eigenvalue weighted by Crippen LogP contribution is 2.44. The van der Waals surface area contributed by atoms with E-state index in [9.17, 15) is 23.3 Å². The number of amides is 1. The fourth-order valence-electron chi connectivity index (χ4n) is 10.1. The smallest absolute Gasteiger partial charge is 0.297 e. The van der Waals surface area contributed by atoms with E-state index < -0.39 is 31.4 Å². The number of carbonyl (C=O) groups excluding carboxylic acids is 1. The maximum Gasteiger partial charge on any atom is 0.297 e. The van der Waals surface area contributed by atoms with Gasteiger partial charge in [0.15, 0.2) is 11.4 Å². The molecule has 1 amide bonds. The van der Waals surface area contributed by atoms with Crippen LogP contribution >= 0.6 is 11.6 Å². The van der Waals surface area contributed by atoms with Crippen LogP contribution in [0.5, 0.6) is 17.2 Å². The van der Waals surface area contributed by atoms with Gasteiger partial charge < -0.3 is 34.3 Å². The Balaban J connectivity index is 0.837. The Labute approximate surface area is 406 Å². The van der Waals surface area contributed by atoms with E-state index in [1.165, 1.54) is 29.0 Å². The Hall–Kier alpha value is -5.76. The second-order valence-corrected chi connectivity index (χ2v) is 21.7. The number of nitro groups is 1. The molecule has 3 saturated heterocycles. The Morgan fingerprint density at radius 1 is 0.971 bits per heavy atom. The number of nitrogens with one attached hydrogen (secondary N) is 3. The van der Waals surface area contributed by atoms with Crippen LogP contribution in [0.25, 0.3) is 16.6 Å². The van der Waals surface area contributed by atoms with Crippen LogP contribution in [0.2, 0.25) is 5.02 Å². The van der Waals surface area contributed by atoms with Crippen molar-refractivity contribution in [3.63, 3.8) is 0 Å². The number of fused-ring (bicyclic) bond motifs is 2. The third-order valence-corrected chi connectivity index (χ3v) is 15.8. The lowest BCUT2D eigenvalue weighted by Gasteiger charge is -2.42. The van der Waals surface area contributed by atoms with Gasteiger partial charge in [-0.15, -0.1) is 0 Å². The van der Waals surface area contributed by atoms with Crippen LogP contribution in [-0.4, -0.2) is 141 Å². The molecule has 2 aromatic heterocycles. The number of nitro benzene ring substituents is 1. The number of benzene rings is 3. The van der Waals surface area contributed by atoms with E-state index in [0.29, 0.717) is 36.9 Å². The molecule has 1 atom stereocenters. The Morgan fingerprint density at radius 2 is 1.74 bits per heavy atom. The first-order valence-corrected chi connectivity index (χ1v) is 25.6. The molecule has 69 heavy (non-hydrogen) atoms. The molecule has 3 fully saturated rings.